The zero-order chi connectivity index (χ0) is 24.1. The van der Waals surface area contributed by atoms with E-state index in [-0.39, 0.29) is 5.56 Å². The van der Waals surface area contributed by atoms with Crippen LogP contribution < -0.4 is 4.74 Å². The molecule has 0 heterocycles. The van der Waals surface area contributed by atoms with E-state index < -0.39 is 24.0 Å². The first-order valence-electron chi connectivity index (χ1n) is 11.5. The number of benzene rings is 4. The number of unbranched alkanes of at least 4 members (excludes halogenated alkanes) is 1. The molecule has 0 N–H and O–H groups in total. The molecule has 0 saturated carbocycles. The molecule has 0 bridgehead atoms. The second kappa shape index (κ2) is 10.7. The van der Waals surface area contributed by atoms with Crippen LogP contribution in [0.15, 0.2) is 78.9 Å². The van der Waals surface area contributed by atoms with E-state index >= 15 is 0 Å². The van der Waals surface area contributed by atoms with Crippen LogP contribution in [0.3, 0.4) is 0 Å². The van der Waals surface area contributed by atoms with Gasteiger partial charge >= 0.3 is 6.61 Å². The Morgan fingerprint density at radius 3 is 2.09 bits per heavy atom. The zero-order valence-corrected chi connectivity index (χ0v) is 18.9. The van der Waals surface area contributed by atoms with Crippen molar-refractivity contribution in [3.63, 3.8) is 0 Å². The monoisotopic (exact) mass is 466 g/mol. The Labute approximate surface area is 197 Å². The fourth-order valence-corrected chi connectivity index (χ4v) is 4.36. The molecule has 34 heavy (non-hydrogen) atoms. The molecule has 5 heteroatoms. The van der Waals surface area contributed by atoms with Gasteiger partial charge in [0, 0.05) is 0 Å². The SMILES string of the molecule is CCCCC(Cc1ccc2ccccc2c1)c1ccc(-c2cc(F)c(OC(F)F)c(F)c2)cc1. The third-order valence-corrected chi connectivity index (χ3v) is 6.12. The molecule has 0 aromatic heterocycles. The molecule has 0 aliphatic heterocycles. The second-order valence-electron chi connectivity index (χ2n) is 8.49. The van der Waals surface area contributed by atoms with Gasteiger partial charge in [0.1, 0.15) is 0 Å². The van der Waals surface area contributed by atoms with Crippen LogP contribution in [0.1, 0.15) is 43.2 Å². The van der Waals surface area contributed by atoms with Crippen LogP contribution in [-0.2, 0) is 6.42 Å². The van der Waals surface area contributed by atoms with E-state index in [0.717, 1.165) is 43.4 Å². The molecule has 0 spiro atoms. The van der Waals surface area contributed by atoms with Crippen LogP contribution in [0.4, 0.5) is 17.6 Å². The van der Waals surface area contributed by atoms with Crippen molar-refractivity contribution in [1.29, 1.82) is 0 Å². The predicted octanol–water partition coefficient (Wildman–Crippen LogP) is 8.90. The summed E-state index contributed by atoms with van der Waals surface area (Å²) in [4.78, 5) is 0. The first kappa shape index (κ1) is 23.8. The van der Waals surface area contributed by atoms with Gasteiger partial charge in [-0.1, -0.05) is 86.5 Å². The predicted molar refractivity (Wildman–Crippen MR) is 128 cm³/mol. The second-order valence-corrected chi connectivity index (χ2v) is 8.49. The molecule has 4 aromatic carbocycles. The van der Waals surface area contributed by atoms with Crippen molar-refractivity contribution in [2.45, 2.75) is 45.1 Å². The maximum absolute atomic E-state index is 14.2. The minimum atomic E-state index is -3.29. The summed E-state index contributed by atoms with van der Waals surface area (Å²) in [6.45, 7) is -1.13. The summed E-state index contributed by atoms with van der Waals surface area (Å²) in [5.74, 6) is -3.07. The van der Waals surface area contributed by atoms with Gasteiger partial charge in [0.15, 0.2) is 17.4 Å². The Bertz CT molecular complexity index is 1230. The van der Waals surface area contributed by atoms with E-state index in [1.54, 1.807) is 0 Å². The fourth-order valence-electron chi connectivity index (χ4n) is 4.36. The van der Waals surface area contributed by atoms with Gasteiger partial charge in [-0.2, -0.15) is 8.78 Å². The topological polar surface area (TPSA) is 9.23 Å². The van der Waals surface area contributed by atoms with Crippen molar-refractivity contribution in [2.75, 3.05) is 0 Å². The number of hydrogen-bond acceptors (Lipinski definition) is 1. The van der Waals surface area contributed by atoms with Crippen LogP contribution in [0.5, 0.6) is 5.75 Å². The third kappa shape index (κ3) is 5.58. The summed E-state index contributed by atoms with van der Waals surface area (Å²) >= 11 is 0. The van der Waals surface area contributed by atoms with Crippen molar-refractivity contribution < 1.29 is 22.3 Å². The average Bonchev–Trinajstić information content (AvgIpc) is 2.84. The highest BCUT2D eigenvalue weighted by atomic mass is 19.3. The molecule has 176 valence electrons. The smallest absolute Gasteiger partial charge is 0.387 e. The summed E-state index contributed by atoms with van der Waals surface area (Å²) in [6.07, 6.45) is 4.12. The van der Waals surface area contributed by atoms with Crippen LogP contribution in [-0.4, -0.2) is 6.61 Å². The molecular weight excluding hydrogens is 440 g/mol. The molecule has 0 radical (unpaired) electrons. The molecule has 0 fully saturated rings. The maximum Gasteiger partial charge on any atom is 0.387 e. The zero-order valence-electron chi connectivity index (χ0n) is 18.9. The highest BCUT2D eigenvalue weighted by Crippen LogP contribution is 2.33. The Morgan fingerprint density at radius 1 is 0.765 bits per heavy atom. The Morgan fingerprint density at radius 2 is 1.44 bits per heavy atom. The molecule has 4 rings (SSSR count). The number of fused-ring (bicyclic) bond motifs is 1. The molecule has 1 unspecified atom stereocenters. The van der Waals surface area contributed by atoms with Crippen molar-refractivity contribution in [1.82, 2.24) is 0 Å². The molecule has 0 aliphatic rings. The lowest BCUT2D eigenvalue weighted by Crippen LogP contribution is -2.06. The summed E-state index contributed by atoms with van der Waals surface area (Å²) in [7, 11) is 0. The molecular formula is C29H26F4O. The lowest BCUT2D eigenvalue weighted by atomic mass is 9.86. The molecule has 1 atom stereocenters. The van der Waals surface area contributed by atoms with E-state index in [2.05, 4.69) is 42.0 Å². The van der Waals surface area contributed by atoms with Crippen molar-refractivity contribution >= 4 is 10.8 Å². The summed E-state index contributed by atoms with van der Waals surface area (Å²) in [5, 5.41) is 2.43. The summed E-state index contributed by atoms with van der Waals surface area (Å²) < 4.78 is 57.1. The third-order valence-electron chi connectivity index (χ3n) is 6.12. The van der Waals surface area contributed by atoms with E-state index in [0.29, 0.717) is 11.5 Å². The van der Waals surface area contributed by atoms with Crippen LogP contribution in [0.25, 0.3) is 21.9 Å². The quantitative estimate of drug-likeness (QED) is 0.224. The van der Waals surface area contributed by atoms with E-state index in [1.807, 2.05) is 36.4 Å². The fraction of sp³-hybridized carbons (Fsp3) is 0.241. The lowest BCUT2D eigenvalue weighted by Gasteiger charge is -2.18. The summed E-state index contributed by atoms with van der Waals surface area (Å²) in [6, 6.07) is 24.5. The van der Waals surface area contributed by atoms with Crippen molar-refractivity contribution in [3.8, 4) is 16.9 Å². The van der Waals surface area contributed by atoms with Gasteiger partial charge < -0.3 is 4.74 Å². The Balaban J connectivity index is 1.57. The first-order valence-corrected chi connectivity index (χ1v) is 11.5. The van der Waals surface area contributed by atoms with Gasteiger partial charge in [-0.05, 0) is 63.9 Å². The highest BCUT2D eigenvalue weighted by molar-refractivity contribution is 5.83. The van der Waals surface area contributed by atoms with Crippen molar-refractivity contribution in [3.05, 3.63) is 102 Å². The van der Waals surface area contributed by atoms with Gasteiger partial charge in [-0.25, -0.2) is 8.78 Å². The lowest BCUT2D eigenvalue weighted by molar-refractivity contribution is -0.0546. The average molecular weight is 467 g/mol. The number of alkyl halides is 2. The standard InChI is InChI=1S/C29H26F4O/c1-2-3-6-23(15-19-9-10-20-7-4-5-8-24(20)16-19)21-11-13-22(14-12-21)25-17-26(30)28(27(31)18-25)34-29(32)33/h4-5,7-14,16-18,23,29H,2-3,6,15H2,1H3. The van der Waals surface area contributed by atoms with E-state index in [9.17, 15) is 17.6 Å². The highest BCUT2D eigenvalue weighted by Gasteiger charge is 2.18. The Hall–Kier alpha value is -3.34. The Kier molecular flexibility index (Phi) is 7.51. The minimum absolute atomic E-state index is 0.266. The number of hydrogen-bond donors (Lipinski definition) is 0. The van der Waals surface area contributed by atoms with E-state index in [1.165, 1.54) is 16.3 Å². The van der Waals surface area contributed by atoms with Crippen molar-refractivity contribution in [2.24, 2.45) is 0 Å². The number of halogens is 4. The molecule has 0 saturated heterocycles. The van der Waals surface area contributed by atoms with E-state index in [4.69, 9.17) is 0 Å². The van der Waals surface area contributed by atoms with Crippen LogP contribution in [0, 0.1) is 11.6 Å². The van der Waals surface area contributed by atoms with Gasteiger partial charge in [0.2, 0.25) is 0 Å². The van der Waals surface area contributed by atoms with Gasteiger partial charge in [-0.3, -0.25) is 0 Å². The normalized spacial score (nSPS) is 12.3. The first-order chi connectivity index (χ1) is 16.4. The van der Waals surface area contributed by atoms with Gasteiger partial charge in [0.05, 0.1) is 0 Å². The number of ether oxygens (including phenoxy) is 1. The van der Waals surface area contributed by atoms with Crippen LogP contribution in [0.2, 0.25) is 0 Å². The summed E-state index contributed by atoms with van der Waals surface area (Å²) in [5.41, 5.74) is 3.29. The number of rotatable bonds is 9. The molecule has 1 nitrogen and oxygen atoms in total. The van der Waals surface area contributed by atoms with Gasteiger partial charge in [0.25, 0.3) is 0 Å². The van der Waals surface area contributed by atoms with Crippen LogP contribution >= 0.6 is 0 Å². The largest absolute Gasteiger partial charge is 0.429 e. The molecule has 0 aliphatic carbocycles. The minimum Gasteiger partial charge on any atom is -0.429 e. The molecule has 0 amide bonds. The van der Waals surface area contributed by atoms with Gasteiger partial charge in [-0.15, -0.1) is 0 Å². The molecule has 4 aromatic rings. The maximum atomic E-state index is 14.2.